The van der Waals surface area contributed by atoms with Crippen LogP contribution in [0.4, 0.5) is 0 Å². The average molecular weight is 294 g/mol. The zero-order chi connectivity index (χ0) is 14.7. The van der Waals surface area contributed by atoms with Gasteiger partial charge < -0.3 is 20.0 Å². The van der Waals surface area contributed by atoms with Crippen molar-refractivity contribution in [2.45, 2.75) is 19.3 Å². The van der Waals surface area contributed by atoms with E-state index in [2.05, 4.69) is 10.2 Å². The molecular weight excluding hydrogens is 268 g/mol. The summed E-state index contributed by atoms with van der Waals surface area (Å²) in [6.07, 6.45) is 3.75. The maximum atomic E-state index is 12.3. The Morgan fingerprint density at radius 2 is 2.00 bits per heavy atom. The molecule has 3 saturated heterocycles. The third-order valence-electron chi connectivity index (χ3n) is 4.87. The van der Waals surface area contributed by atoms with E-state index in [-0.39, 0.29) is 18.4 Å². The zero-order valence-corrected chi connectivity index (χ0v) is 12.7. The highest BCUT2D eigenvalue weighted by atomic mass is 16.2. The van der Waals surface area contributed by atoms with Gasteiger partial charge in [0, 0.05) is 32.7 Å². The first-order valence-corrected chi connectivity index (χ1v) is 8.21. The van der Waals surface area contributed by atoms with Crippen molar-refractivity contribution in [1.29, 1.82) is 0 Å². The lowest BCUT2D eigenvalue weighted by Gasteiger charge is -2.28. The van der Waals surface area contributed by atoms with Gasteiger partial charge in [-0.25, -0.2) is 0 Å². The molecule has 1 N–H and O–H groups in total. The van der Waals surface area contributed by atoms with Crippen LogP contribution in [-0.4, -0.2) is 85.4 Å². The van der Waals surface area contributed by atoms with Crippen LogP contribution in [0, 0.1) is 5.92 Å². The van der Waals surface area contributed by atoms with Crippen LogP contribution in [0.2, 0.25) is 0 Å². The zero-order valence-electron chi connectivity index (χ0n) is 12.7. The molecule has 0 saturated carbocycles. The second kappa shape index (κ2) is 6.75. The molecule has 0 spiro atoms. The van der Waals surface area contributed by atoms with E-state index in [1.54, 1.807) is 4.90 Å². The number of nitrogens with zero attached hydrogens (tertiary/aromatic N) is 3. The van der Waals surface area contributed by atoms with Gasteiger partial charge in [0.2, 0.25) is 11.8 Å². The van der Waals surface area contributed by atoms with Crippen LogP contribution >= 0.6 is 0 Å². The third-order valence-corrected chi connectivity index (χ3v) is 4.87. The maximum absolute atomic E-state index is 12.3. The summed E-state index contributed by atoms with van der Waals surface area (Å²) in [6, 6.07) is 0. The predicted molar refractivity (Wildman–Crippen MR) is 79.8 cm³/mol. The molecule has 3 aliphatic heterocycles. The van der Waals surface area contributed by atoms with E-state index < -0.39 is 0 Å². The molecule has 0 aliphatic carbocycles. The Labute approximate surface area is 126 Å². The molecule has 3 fully saturated rings. The van der Waals surface area contributed by atoms with Crippen molar-refractivity contribution in [3.8, 4) is 0 Å². The number of carbonyl (C=O) groups excluding carboxylic acids is 2. The molecule has 0 radical (unpaired) electrons. The van der Waals surface area contributed by atoms with E-state index in [1.165, 1.54) is 25.9 Å². The fraction of sp³-hybridized carbons (Fsp3) is 0.867. The largest absolute Gasteiger partial charge is 0.341 e. The SMILES string of the molecule is O=C1CNCCN1CC(=O)N1CCC(CN2CCCC2)C1. The first-order valence-electron chi connectivity index (χ1n) is 8.21. The normalized spacial score (nSPS) is 27.6. The summed E-state index contributed by atoms with van der Waals surface area (Å²) in [5, 5.41) is 3.03. The standard InChI is InChI=1S/C15H26N4O2/c20-14-9-16-4-8-19(14)12-15(21)18-7-3-13(11-18)10-17-5-1-2-6-17/h13,16H,1-12H2. The molecule has 0 aromatic heterocycles. The summed E-state index contributed by atoms with van der Waals surface area (Å²) >= 11 is 0. The van der Waals surface area contributed by atoms with Gasteiger partial charge in [0.1, 0.15) is 0 Å². The molecule has 0 bridgehead atoms. The Hall–Kier alpha value is -1.14. The topological polar surface area (TPSA) is 55.9 Å². The minimum absolute atomic E-state index is 0.0439. The second-order valence-electron chi connectivity index (χ2n) is 6.49. The molecule has 21 heavy (non-hydrogen) atoms. The molecule has 1 unspecified atom stereocenters. The number of hydrogen-bond donors (Lipinski definition) is 1. The number of rotatable bonds is 4. The molecule has 0 aromatic rings. The molecular formula is C15H26N4O2. The Balaban J connectivity index is 1.44. The highest BCUT2D eigenvalue weighted by Gasteiger charge is 2.30. The van der Waals surface area contributed by atoms with Crippen molar-refractivity contribution in [2.75, 3.05) is 58.9 Å². The fourth-order valence-corrected chi connectivity index (χ4v) is 3.61. The van der Waals surface area contributed by atoms with E-state index in [4.69, 9.17) is 0 Å². The molecule has 1 atom stereocenters. The molecule has 3 aliphatic rings. The van der Waals surface area contributed by atoms with E-state index in [0.717, 1.165) is 32.6 Å². The smallest absolute Gasteiger partial charge is 0.242 e. The molecule has 6 nitrogen and oxygen atoms in total. The van der Waals surface area contributed by atoms with Gasteiger partial charge in [-0.15, -0.1) is 0 Å². The van der Waals surface area contributed by atoms with E-state index in [9.17, 15) is 9.59 Å². The van der Waals surface area contributed by atoms with Crippen molar-refractivity contribution >= 4 is 11.8 Å². The summed E-state index contributed by atoms with van der Waals surface area (Å²) in [4.78, 5) is 30.2. The van der Waals surface area contributed by atoms with Gasteiger partial charge in [0.25, 0.3) is 0 Å². The van der Waals surface area contributed by atoms with Crippen LogP contribution in [0.25, 0.3) is 0 Å². The number of nitrogens with one attached hydrogen (secondary N) is 1. The lowest BCUT2D eigenvalue weighted by Crippen LogP contribution is -2.51. The lowest BCUT2D eigenvalue weighted by atomic mass is 10.1. The van der Waals surface area contributed by atoms with Gasteiger partial charge in [-0.05, 0) is 38.3 Å². The number of amides is 2. The molecule has 118 valence electrons. The Morgan fingerprint density at radius 1 is 1.19 bits per heavy atom. The van der Waals surface area contributed by atoms with Crippen LogP contribution in [0.3, 0.4) is 0 Å². The number of likely N-dealkylation sites (tertiary alicyclic amines) is 2. The van der Waals surface area contributed by atoms with Crippen molar-refractivity contribution in [3.05, 3.63) is 0 Å². The van der Waals surface area contributed by atoms with Gasteiger partial charge in [-0.2, -0.15) is 0 Å². The van der Waals surface area contributed by atoms with E-state index in [1.807, 2.05) is 4.90 Å². The van der Waals surface area contributed by atoms with Gasteiger partial charge in [-0.1, -0.05) is 0 Å². The molecule has 3 rings (SSSR count). The van der Waals surface area contributed by atoms with Gasteiger partial charge in [-0.3, -0.25) is 9.59 Å². The average Bonchev–Trinajstić information content (AvgIpc) is 3.13. The van der Waals surface area contributed by atoms with Crippen LogP contribution in [0.1, 0.15) is 19.3 Å². The van der Waals surface area contributed by atoms with Crippen LogP contribution in [0.15, 0.2) is 0 Å². The summed E-state index contributed by atoms with van der Waals surface area (Å²) in [5.41, 5.74) is 0. The number of carbonyl (C=O) groups is 2. The summed E-state index contributed by atoms with van der Waals surface area (Å²) < 4.78 is 0. The molecule has 0 aromatic carbocycles. The van der Waals surface area contributed by atoms with Crippen molar-refractivity contribution in [2.24, 2.45) is 5.92 Å². The van der Waals surface area contributed by atoms with Crippen LogP contribution in [-0.2, 0) is 9.59 Å². The second-order valence-corrected chi connectivity index (χ2v) is 6.49. The fourth-order valence-electron chi connectivity index (χ4n) is 3.61. The first-order chi connectivity index (χ1) is 10.2. The summed E-state index contributed by atoms with van der Waals surface area (Å²) in [7, 11) is 0. The predicted octanol–water partition coefficient (Wildman–Crippen LogP) is -0.637. The first kappa shape index (κ1) is 14.8. The number of hydrogen-bond acceptors (Lipinski definition) is 4. The van der Waals surface area contributed by atoms with Crippen LogP contribution < -0.4 is 5.32 Å². The highest BCUT2D eigenvalue weighted by Crippen LogP contribution is 2.20. The monoisotopic (exact) mass is 294 g/mol. The summed E-state index contributed by atoms with van der Waals surface area (Å²) in [5.74, 6) is 0.780. The molecule has 3 heterocycles. The third kappa shape index (κ3) is 3.74. The Kier molecular flexibility index (Phi) is 4.75. The maximum Gasteiger partial charge on any atom is 0.242 e. The van der Waals surface area contributed by atoms with Crippen molar-refractivity contribution in [3.63, 3.8) is 0 Å². The minimum atomic E-state index is 0.0439. The van der Waals surface area contributed by atoms with Gasteiger partial charge in [0.05, 0.1) is 13.1 Å². The van der Waals surface area contributed by atoms with Gasteiger partial charge in [0.15, 0.2) is 0 Å². The lowest BCUT2D eigenvalue weighted by molar-refractivity contribution is -0.140. The van der Waals surface area contributed by atoms with Gasteiger partial charge >= 0.3 is 0 Å². The minimum Gasteiger partial charge on any atom is -0.341 e. The number of piperazine rings is 1. The van der Waals surface area contributed by atoms with Crippen LogP contribution in [0.5, 0.6) is 0 Å². The Bertz CT molecular complexity index is 395. The quantitative estimate of drug-likeness (QED) is 0.749. The van der Waals surface area contributed by atoms with Crippen molar-refractivity contribution in [1.82, 2.24) is 20.0 Å². The van der Waals surface area contributed by atoms with Crippen molar-refractivity contribution < 1.29 is 9.59 Å². The van der Waals surface area contributed by atoms with E-state index in [0.29, 0.717) is 19.0 Å². The Morgan fingerprint density at radius 3 is 2.76 bits per heavy atom. The van der Waals surface area contributed by atoms with E-state index >= 15 is 0 Å². The molecule has 2 amide bonds. The molecule has 6 heteroatoms. The summed E-state index contributed by atoms with van der Waals surface area (Å²) in [6.45, 7) is 7.37. The highest BCUT2D eigenvalue weighted by molar-refractivity contribution is 5.86.